The van der Waals surface area contributed by atoms with Crippen LogP contribution in [0.1, 0.15) is 25.3 Å². The van der Waals surface area contributed by atoms with Crippen LogP contribution >= 0.6 is 11.8 Å². The van der Waals surface area contributed by atoms with E-state index >= 15 is 0 Å². The smallest absolute Gasteiger partial charge is 0.293 e. The van der Waals surface area contributed by atoms with E-state index in [1.54, 1.807) is 24.4 Å². The summed E-state index contributed by atoms with van der Waals surface area (Å²) in [5.41, 5.74) is 6.63. The number of aromatic nitrogens is 2. The van der Waals surface area contributed by atoms with Gasteiger partial charge in [-0.15, -0.1) is 0 Å². The van der Waals surface area contributed by atoms with E-state index in [0.29, 0.717) is 15.7 Å². The van der Waals surface area contributed by atoms with Gasteiger partial charge < -0.3 is 25.6 Å². The van der Waals surface area contributed by atoms with Crippen molar-refractivity contribution in [2.75, 3.05) is 54.9 Å². The molecular formula is C23H26F2N6O2S. The number of ether oxygens (including phenoxy) is 1. The molecule has 5 heterocycles. The molecule has 6 rings (SSSR count). The highest BCUT2D eigenvalue weighted by molar-refractivity contribution is 7.99. The van der Waals surface area contributed by atoms with Crippen LogP contribution in [0.15, 0.2) is 34.3 Å². The molecule has 0 radical (unpaired) electrons. The summed E-state index contributed by atoms with van der Waals surface area (Å²) >= 11 is 1.05. The van der Waals surface area contributed by atoms with E-state index in [-0.39, 0.29) is 28.0 Å². The quantitative estimate of drug-likeness (QED) is 0.635. The van der Waals surface area contributed by atoms with Gasteiger partial charge in [0.05, 0.1) is 42.7 Å². The molecule has 3 fully saturated rings. The molecule has 180 valence electrons. The first-order valence-electron chi connectivity index (χ1n) is 11.4. The summed E-state index contributed by atoms with van der Waals surface area (Å²) in [7, 11) is 0. The molecule has 1 atom stereocenters. The van der Waals surface area contributed by atoms with Crippen molar-refractivity contribution in [3.63, 3.8) is 0 Å². The van der Waals surface area contributed by atoms with Crippen LogP contribution in [-0.2, 0) is 15.5 Å². The predicted molar refractivity (Wildman–Crippen MR) is 124 cm³/mol. The summed E-state index contributed by atoms with van der Waals surface area (Å²) in [6.45, 7) is 4.92. The first-order chi connectivity index (χ1) is 16.2. The van der Waals surface area contributed by atoms with Crippen LogP contribution in [0, 0.1) is 5.41 Å². The van der Waals surface area contributed by atoms with Crippen LogP contribution in [0.2, 0.25) is 0 Å². The zero-order chi connectivity index (χ0) is 23.7. The average Bonchev–Trinajstić information content (AvgIpc) is 3.45. The van der Waals surface area contributed by atoms with E-state index in [1.165, 1.54) is 6.92 Å². The third-order valence-electron chi connectivity index (χ3n) is 7.75. The molecule has 2 spiro atoms. The molecule has 11 heteroatoms. The van der Waals surface area contributed by atoms with Gasteiger partial charge in [-0.25, -0.2) is 9.97 Å². The minimum Gasteiger partial charge on any atom is -0.381 e. The highest BCUT2D eigenvalue weighted by Gasteiger charge is 2.63. The van der Waals surface area contributed by atoms with Gasteiger partial charge in [0.25, 0.3) is 5.92 Å². The standard InChI is InChI=1S/C23H26F2N6O2S/c1-14(32)31-11-23(24,25)18-15(31)3-2-4-16(18)34-20-19(26)29-17(9-27-20)30-7-5-21(6-8-30)12-33-13-22(21)10-28-22/h2-4,9,28H,5-8,10-13H2,1H3,(H2,26,29). The van der Waals surface area contributed by atoms with Crippen LogP contribution in [0.5, 0.6) is 0 Å². The van der Waals surface area contributed by atoms with E-state index in [0.717, 1.165) is 62.4 Å². The van der Waals surface area contributed by atoms with Crippen LogP contribution in [0.4, 0.5) is 26.1 Å². The molecule has 3 N–H and O–H groups in total. The zero-order valence-electron chi connectivity index (χ0n) is 18.8. The highest BCUT2D eigenvalue weighted by atomic mass is 32.2. The Morgan fingerprint density at radius 1 is 1.26 bits per heavy atom. The topological polar surface area (TPSA) is 107 Å². The molecule has 0 saturated carbocycles. The molecule has 8 nitrogen and oxygen atoms in total. The lowest BCUT2D eigenvalue weighted by Crippen LogP contribution is -2.49. The van der Waals surface area contributed by atoms with Gasteiger partial charge in [-0.05, 0) is 25.0 Å². The summed E-state index contributed by atoms with van der Waals surface area (Å²) in [5, 5.41) is 3.90. The second-order valence-electron chi connectivity index (χ2n) is 9.68. The van der Waals surface area contributed by atoms with Crippen molar-refractivity contribution in [1.82, 2.24) is 15.3 Å². The number of benzene rings is 1. The van der Waals surface area contributed by atoms with Gasteiger partial charge in [-0.2, -0.15) is 8.78 Å². The maximum absolute atomic E-state index is 14.8. The molecule has 4 aliphatic heterocycles. The second kappa shape index (κ2) is 7.50. The summed E-state index contributed by atoms with van der Waals surface area (Å²) < 4.78 is 35.4. The highest BCUT2D eigenvalue weighted by Crippen LogP contribution is 2.52. The number of anilines is 3. The second-order valence-corrected chi connectivity index (χ2v) is 10.7. The van der Waals surface area contributed by atoms with E-state index in [1.807, 2.05) is 0 Å². The minimum atomic E-state index is -3.14. The largest absolute Gasteiger partial charge is 0.381 e. The van der Waals surface area contributed by atoms with Gasteiger partial charge >= 0.3 is 0 Å². The number of halogens is 2. The fourth-order valence-corrected chi connectivity index (χ4v) is 6.61. The molecule has 0 aliphatic carbocycles. The number of carbonyl (C=O) groups excluding carboxylic acids is 1. The Hall–Kier alpha value is -2.50. The Labute approximate surface area is 200 Å². The molecule has 1 amide bonds. The third kappa shape index (κ3) is 3.28. The van der Waals surface area contributed by atoms with Crippen molar-refractivity contribution in [2.24, 2.45) is 5.41 Å². The summed E-state index contributed by atoms with van der Waals surface area (Å²) in [5.74, 6) is -2.66. The van der Waals surface area contributed by atoms with Gasteiger partial charge in [0.2, 0.25) is 5.91 Å². The van der Waals surface area contributed by atoms with Gasteiger partial charge in [0, 0.05) is 36.9 Å². The SMILES string of the molecule is CC(=O)N1CC(F)(F)c2c(Sc3ncc(N4CCC5(CC4)COCC54CN4)nc3N)cccc21. The van der Waals surface area contributed by atoms with Gasteiger partial charge in [0.1, 0.15) is 10.8 Å². The fourth-order valence-electron chi connectivity index (χ4n) is 5.64. The van der Waals surface area contributed by atoms with Crippen molar-refractivity contribution in [2.45, 2.75) is 41.1 Å². The normalized spacial score (nSPS) is 26.3. The van der Waals surface area contributed by atoms with Crippen molar-refractivity contribution in [3.05, 3.63) is 30.0 Å². The number of hydrogen-bond donors (Lipinski definition) is 2. The molecule has 1 aromatic heterocycles. The van der Waals surface area contributed by atoms with Crippen molar-refractivity contribution in [1.29, 1.82) is 0 Å². The number of nitrogen functional groups attached to an aromatic ring is 1. The Balaban J connectivity index is 1.21. The van der Waals surface area contributed by atoms with Crippen LogP contribution < -0.4 is 20.9 Å². The van der Waals surface area contributed by atoms with Gasteiger partial charge in [0.15, 0.2) is 5.82 Å². The number of amides is 1. The minimum absolute atomic E-state index is 0.153. The Morgan fingerprint density at radius 3 is 2.71 bits per heavy atom. The van der Waals surface area contributed by atoms with Crippen LogP contribution in [0.3, 0.4) is 0 Å². The number of carbonyl (C=O) groups is 1. The molecule has 0 bridgehead atoms. The number of fused-ring (bicyclic) bond motifs is 2. The molecule has 3 saturated heterocycles. The van der Waals surface area contributed by atoms with E-state index < -0.39 is 18.4 Å². The molecule has 1 unspecified atom stereocenters. The molecule has 4 aliphatic rings. The number of nitrogens with two attached hydrogens (primary N) is 1. The van der Waals surface area contributed by atoms with E-state index in [2.05, 4.69) is 20.2 Å². The van der Waals surface area contributed by atoms with E-state index in [9.17, 15) is 13.6 Å². The van der Waals surface area contributed by atoms with Crippen LogP contribution in [-0.4, -0.2) is 60.8 Å². The first-order valence-corrected chi connectivity index (χ1v) is 12.2. The number of nitrogens with zero attached hydrogens (tertiary/aromatic N) is 4. The Bertz CT molecular complexity index is 1170. The monoisotopic (exact) mass is 488 g/mol. The fraction of sp³-hybridized carbons (Fsp3) is 0.522. The average molecular weight is 489 g/mol. The predicted octanol–water partition coefficient (Wildman–Crippen LogP) is 2.63. The summed E-state index contributed by atoms with van der Waals surface area (Å²) in [4.78, 5) is 24.5. The number of rotatable bonds is 3. The van der Waals surface area contributed by atoms with Crippen molar-refractivity contribution in [3.8, 4) is 0 Å². The third-order valence-corrected chi connectivity index (χ3v) is 8.81. The van der Waals surface area contributed by atoms with Crippen LogP contribution in [0.25, 0.3) is 0 Å². The maximum atomic E-state index is 14.8. The Morgan fingerprint density at radius 2 is 2.03 bits per heavy atom. The number of alkyl halides is 2. The summed E-state index contributed by atoms with van der Waals surface area (Å²) in [6.07, 6.45) is 3.68. The molecule has 1 aromatic carbocycles. The number of piperidine rings is 1. The van der Waals surface area contributed by atoms with E-state index in [4.69, 9.17) is 10.5 Å². The lowest BCUT2D eigenvalue weighted by atomic mass is 9.70. The molecule has 2 aromatic rings. The lowest BCUT2D eigenvalue weighted by Gasteiger charge is -2.42. The number of hydrogen-bond acceptors (Lipinski definition) is 8. The Kier molecular flexibility index (Phi) is 4.85. The van der Waals surface area contributed by atoms with Gasteiger partial charge in [-0.3, -0.25) is 4.79 Å². The zero-order valence-corrected chi connectivity index (χ0v) is 19.6. The maximum Gasteiger partial charge on any atom is 0.293 e. The first kappa shape index (κ1) is 22.0. The van der Waals surface area contributed by atoms with Crippen molar-refractivity contribution >= 4 is 35.0 Å². The van der Waals surface area contributed by atoms with Crippen molar-refractivity contribution < 1.29 is 18.3 Å². The molecular weight excluding hydrogens is 462 g/mol. The summed E-state index contributed by atoms with van der Waals surface area (Å²) in [6, 6.07) is 4.81. The number of nitrogens with one attached hydrogen (secondary N) is 1. The van der Waals surface area contributed by atoms with Gasteiger partial charge in [-0.1, -0.05) is 17.8 Å². The molecule has 34 heavy (non-hydrogen) atoms. The lowest BCUT2D eigenvalue weighted by molar-refractivity contribution is -0.117.